The van der Waals surface area contributed by atoms with E-state index in [1.807, 2.05) is 26.0 Å². The number of hydrogen-bond acceptors (Lipinski definition) is 8. The van der Waals surface area contributed by atoms with Gasteiger partial charge in [0.2, 0.25) is 27.7 Å². The number of carbonyl (C=O) groups is 3. The predicted octanol–water partition coefficient (Wildman–Crippen LogP) is 3.86. The first-order chi connectivity index (χ1) is 20.3. The number of aryl methyl sites for hydroxylation is 2. The molecule has 5 heterocycles. The van der Waals surface area contributed by atoms with Gasteiger partial charge in [-0.3, -0.25) is 14.4 Å². The molecule has 5 rings (SSSR count). The van der Waals surface area contributed by atoms with E-state index in [1.165, 1.54) is 34.1 Å². The quantitative estimate of drug-likeness (QED) is 0.379. The summed E-state index contributed by atoms with van der Waals surface area (Å²) in [6.45, 7) is 5.82. The highest BCUT2D eigenvalue weighted by Gasteiger charge is 2.44. The first kappa shape index (κ1) is 31.0. The number of likely N-dealkylation sites (tertiary alicyclic amines) is 2. The van der Waals surface area contributed by atoms with Crippen molar-refractivity contribution in [1.82, 2.24) is 24.5 Å². The van der Waals surface area contributed by atoms with Crippen LogP contribution in [-0.4, -0.2) is 77.1 Å². The zero-order chi connectivity index (χ0) is 30.9. The molecule has 3 amide bonds. The lowest BCUT2D eigenvalue weighted by atomic mass is 9.91. The standard InChI is InChI=1S/C29H33ClN6O5S2/c1-18-16-19(2)31-26-21(18)8-10-24(32-26)33-27(38)22-6-4-14-36(22)25(37)17-35-13-5-12-29(3,28(35)39)34-43(40,41)15-11-20-7-9-23(30)42-20/h7-11,15-16,22,34H,4-6,12-14,17H2,1-3H3,(H,31,32,33,38)/b15-11+/t22-,29-/m0/s1. The smallest absolute Gasteiger partial charge is 0.248 e. The van der Waals surface area contributed by atoms with Gasteiger partial charge in [0.25, 0.3) is 0 Å². The highest BCUT2D eigenvalue weighted by atomic mass is 35.5. The molecule has 3 aromatic heterocycles. The highest BCUT2D eigenvalue weighted by molar-refractivity contribution is 7.92. The molecule has 0 bridgehead atoms. The molecule has 2 N–H and O–H groups in total. The minimum Gasteiger partial charge on any atom is -0.332 e. The van der Waals surface area contributed by atoms with E-state index in [4.69, 9.17) is 11.6 Å². The normalized spacial score (nSPS) is 21.2. The molecule has 2 aliphatic rings. The summed E-state index contributed by atoms with van der Waals surface area (Å²) in [6.07, 6.45) is 3.33. The lowest BCUT2D eigenvalue weighted by Crippen LogP contribution is -2.62. The molecular formula is C29H33ClN6O5S2. The molecule has 0 unspecified atom stereocenters. The fourth-order valence-electron chi connectivity index (χ4n) is 5.65. The van der Waals surface area contributed by atoms with Crippen LogP contribution < -0.4 is 10.0 Å². The lowest BCUT2D eigenvalue weighted by molar-refractivity contribution is -0.147. The van der Waals surface area contributed by atoms with Crippen molar-refractivity contribution in [3.63, 3.8) is 0 Å². The second-order valence-corrected chi connectivity index (χ2v) is 14.4. The van der Waals surface area contributed by atoms with Crippen molar-refractivity contribution in [3.8, 4) is 0 Å². The van der Waals surface area contributed by atoms with E-state index in [9.17, 15) is 22.8 Å². The lowest BCUT2D eigenvalue weighted by Gasteiger charge is -2.39. The number of anilines is 1. The van der Waals surface area contributed by atoms with Crippen molar-refractivity contribution in [3.05, 3.63) is 56.2 Å². The molecule has 2 fully saturated rings. The summed E-state index contributed by atoms with van der Waals surface area (Å²) >= 11 is 7.15. The summed E-state index contributed by atoms with van der Waals surface area (Å²) in [5.41, 5.74) is 0.980. The third-order valence-corrected chi connectivity index (χ3v) is 10.1. The van der Waals surface area contributed by atoms with E-state index in [0.717, 1.165) is 22.1 Å². The van der Waals surface area contributed by atoms with E-state index < -0.39 is 27.5 Å². The Bertz CT molecular complexity index is 1730. The topological polar surface area (TPSA) is 142 Å². The van der Waals surface area contributed by atoms with Crippen LogP contribution in [0.4, 0.5) is 5.82 Å². The van der Waals surface area contributed by atoms with Gasteiger partial charge in [0.1, 0.15) is 17.4 Å². The van der Waals surface area contributed by atoms with Crippen molar-refractivity contribution in [2.75, 3.05) is 25.0 Å². The van der Waals surface area contributed by atoms with Gasteiger partial charge in [0, 0.05) is 34.5 Å². The number of piperidine rings is 1. The summed E-state index contributed by atoms with van der Waals surface area (Å²) < 4.78 is 28.7. The summed E-state index contributed by atoms with van der Waals surface area (Å²) in [4.78, 5) is 52.6. The van der Waals surface area contributed by atoms with E-state index in [1.54, 1.807) is 18.2 Å². The Morgan fingerprint density at radius 1 is 1.16 bits per heavy atom. The van der Waals surface area contributed by atoms with Gasteiger partial charge in [-0.05, 0) is 88.4 Å². The minimum absolute atomic E-state index is 0.250. The van der Waals surface area contributed by atoms with Crippen LogP contribution in [0.1, 0.15) is 48.7 Å². The van der Waals surface area contributed by atoms with Gasteiger partial charge in [0.15, 0.2) is 5.65 Å². The van der Waals surface area contributed by atoms with Gasteiger partial charge in [-0.25, -0.2) is 18.4 Å². The SMILES string of the molecule is Cc1cc(C)c2ccc(NC(=O)[C@@H]3CCCN3C(=O)CN3CCC[C@](C)(NS(=O)(=O)/C=C/c4ccc(Cl)s4)C3=O)nc2n1. The molecule has 0 radical (unpaired) electrons. The first-order valence-corrected chi connectivity index (χ1v) is 16.7. The number of fused-ring (bicyclic) bond motifs is 1. The summed E-state index contributed by atoms with van der Waals surface area (Å²) in [5, 5.41) is 4.72. The van der Waals surface area contributed by atoms with Gasteiger partial charge >= 0.3 is 0 Å². The Morgan fingerprint density at radius 3 is 2.70 bits per heavy atom. The molecule has 228 valence electrons. The van der Waals surface area contributed by atoms with Gasteiger partial charge in [-0.15, -0.1) is 11.3 Å². The Hall–Kier alpha value is -3.39. The molecule has 11 nitrogen and oxygen atoms in total. The molecule has 2 saturated heterocycles. The highest BCUT2D eigenvalue weighted by Crippen LogP contribution is 2.27. The van der Waals surface area contributed by atoms with Crippen molar-refractivity contribution in [2.45, 2.75) is 58.0 Å². The number of thiophene rings is 1. The summed E-state index contributed by atoms with van der Waals surface area (Å²) in [6, 6.07) is 8.19. The second-order valence-electron chi connectivity index (χ2n) is 11.1. The Labute approximate surface area is 259 Å². The molecule has 43 heavy (non-hydrogen) atoms. The van der Waals surface area contributed by atoms with Crippen molar-refractivity contribution < 1.29 is 22.8 Å². The molecule has 2 atom stereocenters. The number of nitrogens with zero attached hydrogens (tertiary/aromatic N) is 4. The fourth-order valence-corrected chi connectivity index (χ4v) is 7.91. The number of pyridine rings is 2. The molecule has 0 spiro atoms. The van der Waals surface area contributed by atoms with Gasteiger partial charge in [-0.1, -0.05) is 11.6 Å². The maximum absolute atomic E-state index is 13.5. The van der Waals surface area contributed by atoms with E-state index in [-0.39, 0.29) is 24.8 Å². The zero-order valence-electron chi connectivity index (χ0n) is 24.1. The van der Waals surface area contributed by atoms with Gasteiger partial charge in [-0.2, -0.15) is 4.72 Å². The zero-order valence-corrected chi connectivity index (χ0v) is 26.5. The van der Waals surface area contributed by atoms with Crippen molar-refractivity contribution in [2.24, 2.45) is 0 Å². The van der Waals surface area contributed by atoms with Crippen LogP contribution >= 0.6 is 22.9 Å². The Kier molecular flexibility index (Phi) is 8.89. The maximum atomic E-state index is 13.5. The predicted molar refractivity (Wildman–Crippen MR) is 167 cm³/mol. The van der Waals surface area contributed by atoms with Crippen LogP contribution in [0, 0.1) is 13.8 Å². The largest absolute Gasteiger partial charge is 0.332 e. The second kappa shape index (κ2) is 12.3. The van der Waals surface area contributed by atoms with Crippen LogP contribution in [0.5, 0.6) is 0 Å². The number of nitrogens with one attached hydrogen (secondary N) is 2. The summed E-state index contributed by atoms with van der Waals surface area (Å²) in [7, 11) is -3.97. The summed E-state index contributed by atoms with van der Waals surface area (Å²) in [5.74, 6) is -0.864. The maximum Gasteiger partial charge on any atom is 0.248 e. The van der Waals surface area contributed by atoms with E-state index in [2.05, 4.69) is 20.0 Å². The number of aromatic nitrogens is 2. The first-order valence-electron chi connectivity index (χ1n) is 14.0. The number of hydrogen-bond donors (Lipinski definition) is 2. The molecule has 0 aromatic carbocycles. The number of amides is 3. The van der Waals surface area contributed by atoms with Gasteiger partial charge in [0.05, 0.1) is 10.9 Å². The molecule has 0 aliphatic carbocycles. The van der Waals surface area contributed by atoms with Crippen molar-refractivity contribution >= 4 is 73.6 Å². The third kappa shape index (κ3) is 7.06. The molecule has 14 heteroatoms. The van der Waals surface area contributed by atoms with E-state index in [0.29, 0.717) is 53.0 Å². The molecular weight excluding hydrogens is 612 g/mol. The van der Waals surface area contributed by atoms with Crippen molar-refractivity contribution in [1.29, 1.82) is 0 Å². The number of sulfonamides is 1. The molecule has 0 saturated carbocycles. The Morgan fingerprint density at radius 2 is 1.95 bits per heavy atom. The molecule has 2 aliphatic heterocycles. The van der Waals surface area contributed by atoms with Crippen LogP contribution in [0.3, 0.4) is 0 Å². The Balaban J connectivity index is 1.23. The number of carbonyl (C=O) groups excluding carboxylic acids is 3. The third-order valence-electron chi connectivity index (χ3n) is 7.70. The average molecular weight is 645 g/mol. The van der Waals surface area contributed by atoms with Gasteiger partial charge < -0.3 is 15.1 Å². The van der Waals surface area contributed by atoms with E-state index >= 15 is 0 Å². The average Bonchev–Trinajstić information content (AvgIpc) is 3.59. The van der Waals surface area contributed by atoms with Crippen LogP contribution in [0.15, 0.2) is 35.7 Å². The van der Waals surface area contributed by atoms with Crippen LogP contribution in [-0.2, 0) is 24.4 Å². The van der Waals surface area contributed by atoms with Crippen LogP contribution in [0.2, 0.25) is 4.34 Å². The molecule has 3 aromatic rings. The monoisotopic (exact) mass is 644 g/mol. The fraction of sp³-hybridized carbons (Fsp3) is 0.414. The van der Waals surface area contributed by atoms with Crippen LogP contribution in [0.25, 0.3) is 17.1 Å². The minimum atomic E-state index is -3.97. The number of rotatable bonds is 8. The number of halogens is 1.